The van der Waals surface area contributed by atoms with Gasteiger partial charge in [0.05, 0.1) is 14.2 Å². The van der Waals surface area contributed by atoms with E-state index in [1.165, 1.54) is 54.9 Å². The molecule has 0 aliphatic carbocycles. The zero-order valence-electron chi connectivity index (χ0n) is 21.1. The van der Waals surface area contributed by atoms with Gasteiger partial charge in [0.1, 0.15) is 0 Å². The van der Waals surface area contributed by atoms with Gasteiger partial charge in [-0.25, -0.2) is 0 Å². The van der Waals surface area contributed by atoms with Crippen LogP contribution in [-0.4, -0.2) is 14.2 Å². The third-order valence-corrected chi connectivity index (χ3v) is 7.32. The van der Waals surface area contributed by atoms with E-state index in [9.17, 15) is 0 Å². The third-order valence-electron chi connectivity index (χ3n) is 7.32. The fourth-order valence-corrected chi connectivity index (χ4v) is 5.40. The Morgan fingerprint density at radius 3 is 1.72 bits per heavy atom. The van der Waals surface area contributed by atoms with Crippen LogP contribution in [-0.2, 0) is 0 Å². The molecule has 6 aromatic rings. The Morgan fingerprint density at radius 2 is 1.08 bits per heavy atom. The van der Waals surface area contributed by atoms with E-state index in [4.69, 9.17) is 9.47 Å². The van der Waals surface area contributed by atoms with E-state index >= 15 is 0 Å². The minimum absolute atomic E-state index is 0.732. The van der Waals surface area contributed by atoms with Crippen LogP contribution in [0.25, 0.3) is 54.6 Å². The van der Waals surface area contributed by atoms with Crippen molar-refractivity contribution in [3.8, 4) is 33.8 Å². The molecule has 0 spiro atoms. The van der Waals surface area contributed by atoms with E-state index in [2.05, 4.69) is 111 Å². The normalized spacial score (nSPS) is 11.3. The lowest BCUT2D eigenvalue weighted by Gasteiger charge is -2.19. The maximum Gasteiger partial charge on any atom is 0.161 e. The molecule has 0 aliphatic rings. The lowest BCUT2D eigenvalue weighted by atomic mass is 9.85. The highest BCUT2D eigenvalue weighted by atomic mass is 16.5. The number of benzene rings is 6. The molecule has 2 heteroatoms. The summed E-state index contributed by atoms with van der Waals surface area (Å²) in [6.45, 7) is 4.38. The molecule has 0 aliphatic heterocycles. The molecule has 0 heterocycles. The SMILES string of the molecule is COc1cc2c(-c3ccccc3)cc3cc4cc(C)c(C)cc4c(-c4ccccc4)c3c2cc1OC. The minimum atomic E-state index is 0.732. The van der Waals surface area contributed by atoms with E-state index < -0.39 is 0 Å². The van der Waals surface area contributed by atoms with Gasteiger partial charge in [0, 0.05) is 0 Å². The van der Waals surface area contributed by atoms with Gasteiger partial charge in [-0.15, -0.1) is 0 Å². The molecule has 0 saturated heterocycles. The van der Waals surface area contributed by atoms with Crippen LogP contribution in [0, 0.1) is 13.8 Å². The van der Waals surface area contributed by atoms with Crippen molar-refractivity contribution in [3.63, 3.8) is 0 Å². The van der Waals surface area contributed by atoms with Crippen LogP contribution in [0.3, 0.4) is 0 Å². The smallest absolute Gasteiger partial charge is 0.161 e. The second kappa shape index (κ2) is 8.73. The van der Waals surface area contributed by atoms with Gasteiger partial charge in [0.2, 0.25) is 0 Å². The Bertz CT molecular complexity index is 1750. The third kappa shape index (κ3) is 3.49. The summed E-state index contributed by atoms with van der Waals surface area (Å²) in [5.41, 5.74) is 7.42. The Balaban J connectivity index is 1.89. The van der Waals surface area contributed by atoms with Gasteiger partial charge < -0.3 is 9.47 Å². The Kier molecular flexibility index (Phi) is 5.38. The average molecular weight is 469 g/mol. The highest BCUT2D eigenvalue weighted by molar-refractivity contribution is 6.25. The lowest BCUT2D eigenvalue weighted by molar-refractivity contribution is 0.356. The van der Waals surface area contributed by atoms with Crippen molar-refractivity contribution in [1.29, 1.82) is 0 Å². The zero-order chi connectivity index (χ0) is 24.8. The first-order valence-electron chi connectivity index (χ1n) is 12.3. The van der Waals surface area contributed by atoms with E-state index in [1.807, 2.05) is 0 Å². The Hall–Kier alpha value is -4.30. The van der Waals surface area contributed by atoms with E-state index in [1.54, 1.807) is 14.2 Å². The molecule has 0 unspecified atom stereocenters. The van der Waals surface area contributed by atoms with Gasteiger partial charge in [-0.1, -0.05) is 72.8 Å². The predicted octanol–water partition coefficient (Wildman–Crippen LogP) is 9.11. The molecule has 176 valence electrons. The van der Waals surface area contributed by atoms with Gasteiger partial charge in [0.15, 0.2) is 11.5 Å². The van der Waals surface area contributed by atoms with Crippen LogP contribution < -0.4 is 9.47 Å². The number of fused-ring (bicyclic) bond motifs is 4. The molecule has 0 amide bonds. The van der Waals surface area contributed by atoms with Crippen molar-refractivity contribution < 1.29 is 9.47 Å². The van der Waals surface area contributed by atoms with Gasteiger partial charge in [0.25, 0.3) is 0 Å². The molecule has 0 radical (unpaired) electrons. The van der Waals surface area contributed by atoms with E-state index in [0.29, 0.717) is 0 Å². The highest BCUT2D eigenvalue weighted by Crippen LogP contribution is 2.46. The molecule has 0 aromatic heterocycles. The number of ether oxygens (including phenoxy) is 2. The van der Waals surface area contributed by atoms with Gasteiger partial charge >= 0.3 is 0 Å². The van der Waals surface area contributed by atoms with Crippen molar-refractivity contribution >= 4 is 32.3 Å². The van der Waals surface area contributed by atoms with Crippen molar-refractivity contribution in [2.24, 2.45) is 0 Å². The van der Waals surface area contributed by atoms with Gasteiger partial charge in [-0.3, -0.25) is 0 Å². The summed E-state index contributed by atoms with van der Waals surface area (Å²) < 4.78 is 11.5. The fourth-order valence-electron chi connectivity index (χ4n) is 5.40. The highest BCUT2D eigenvalue weighted by Gasteiger charge is 2.19. The molecule has 2 nitrogen and oxygen atoms in total. The molecule has 0 saturated carbocycles. The first kappa shape index (κ1) is 22.2. The van der Waals surface area contributed by atoms with Crippen molar-refractivity contribution in [2.75, 3.05) is 14.2 Å². The summed E-state index contributed by atoms with van der Waals surface area (Å²) in [6.07, 6.45) is 0. The second-order valence-corrected chi connectivity index (χ2v) is 9.42. The first-order valence-corrected chi connectivity index (χ1v) is 12.3. The number of hydrogen-bond acceptors (Lipinski definition) is 2. The van der Waals surface area contributed by atoms with Crippen LogP contribution in [0.1, 0.15) is 11.1 Å². The molecule has 6 aromatic carbocycles. The van der Waals surface area contributed by atoms with Crippen molar-refractivity contribution in [3.05, 3.63) is 108 Å². The standard InChI is InChI=1S/C34H28O2/c1-21-15-25-17-26-18-27(23-11-7-5-8-12-23)29-19-31(35-3)32(36-4)20-30(29)34(26)33(28(25)16-22(21)2)24-13-9-6-10-14-24/h5-20H,1-4H3. The summed E-state index contributed by atoms with van der Waals surface area (Å²) in [4.78, 5) is 0. The topological polar surface area (TPSA) is 18.5 Å². The molecular formula is C34H28O2. The first-order chi connectivity index (χ1) is 17.6. The van der Waals surface area contributed by atoms with Gasteiger partial charge in [-0.05, 0) is 104 Å². The number of hydrogen-bond donors (Lipinski definition) is 0. The monoisotopic (exact) mass is 468 g/mol. The molecule has 0 bridgehead atoms. The summed E-state index contributed by atoms with van der Waals surface area (Å²) >= 11 is 0. The lowest BCUT2D eigenvalue weighted by Crippen LogP contribution is -1.94. The fraction of sp³-hybridized carbons (Fsp3) is 0.118. The Morgan fingerprint density at radius 1 is 0.500 bits per heavy atom. The van der Waals surface area contributed by atoms with E-state index in [-0.39, 0.29) is 0 Å². The maximum atomic E-state index is 5.78. The summed E-state index contributed by atoms with van der Waals surface area (Å²) in [6, 6.07) is 34.9. The van der Waals surface area contributed by atoms with Gasteiger partial charge in [-0.2, -0.15) is 0 Å². The number of methoxy groups -OCH3 is 2. The van der Waals surface area contributed by atoms with Crippen LogP contribution >= 0.6 is 0 Å². The quantitative estimate of drug-likeness (QED) is 0.190. The zero-order valence-corrected chi connectivity index (χ0v) is 21.1. The average Bonchev–Trinajstić information content (AvgIpc) is 2.92. The molecule has 6 rings (SSSR count). The van der Waals surface area contributed by atoms with Crippen LogP contribution in [0.2, 0.25) is 0 Å². The van der Waals surface area contributed by atoms with Crippen molar-refractivity contribution in [2.45, 2.75) is 13.8 Å². The molecule has 36 heavy (non-hydrogen) atoms. The minimum Gasteiger partial charge on any atom is -0.493 e. The van der Waals surface area contributed by atoms with E-state index in [0.717, 1.165) is 22.3 Å². The summed E-state index contributed by atoms with van der Waals surface area (Å²) in [5, 5.41) is 7.26. The molecule has 0 N–H and O–H groups in total. The van der Waals surface area contributed by atoms with Crippen molar-refractivity contribution in [1.82, 2.24) is 0 Å². The van der Waals surface area contributed by atoms with Crippen LogP contribution in [0.4, 0.5) is 0 Å². The Labute approximate surface area is 211 Å². The molecular weight excluding hydrogens is 440 g/mol. The number of rotatable bonds is 4. The predicted molar refractivity (Wildman–Crippen MR) is 152 cm³/mol. The largest absolute Gasteiger partial charge is 0.493 e. The molecule has 0 fully saturated rings. The summed E-state index contributed by atoms with van der Waals surface area (Å²) in [7, 11) is 3.40. The number of aryl methyl sites for hydroxylation is 2. The molecule has 0 atom stereocenters. The maximum absolute atomic E-state index is 5.78. The van der Waals surface area contributed by atoms with Crippen LogP contribution in [0.15, 0.2) is 97.1 Å². The second-order valence-electron chi connectivity index (χ2n) is 9.42. The van der Waals surface area contributed by atoms with Crippen LogP contribution in [0.5, 0.6) is 11.5 Å². The summed E-state index contributed by atoms with van der Waals surface area (Å²) in [5.74, 6) is 1.46.